The van der Waals surface area contributed by atoms with Crippen molar-refractivity contribution in [2.75, 3.05) is 26.4 Å². The summed E-state index contributed by atoms with van der Waals surface area (Å²) in [7, 11) is 0. The first-order valence-electron chi connectivity index (χ1n) is 6.29. The Labute approximate surface area is 105 Å². The van der Waals surface area contributed by atoms with Gasteiger partial charge in [-0.15, -0.1) is 0 Å². The second kappa shape index (κ2) is 6.41. The molecular formula is C11H23O5Ti. The summed E-state index contributed by atoms with van der Waals surface area (Å²) >= 11 is -4.10. The van der Waals surface area contributed by atoms with E-state index in [0.29, 0.717) is 31.2 Å². The van der Waals surface area contributed by atoms with E-state index in [1.807, 2.05) is 20.8 Å². The van der Waals surface area contributed by atoms with Gasteiger partial charge >= 0.3 is 105 Å². The average Bonchev–Trinajstić information content (AvgIpc) is 3.03. The molecule has 0 bridgehead atoms. The summed E-state index contributed by atoms with van der Waals surface area (Å²) in [6.07, 6.45) is 0.997. The molecule has 0 spiro atoms. The van der Waals surface area contributed by atoms with E-state index in [4.69, 9.17) is 14.7 Å². The van der Waals surface area contributed by atoms with E-state index >= 15 is 0 Å². The van der Waals surface area contributed by atoms with Crippen LogP contribution in [0.25, 0.3) is 0 Å². The quantitative estimate of drug-likeness (QED) is 0.348. The molecule has 1 rings (SSSR count). The van der Waals surface area contributed by atoms with Gasteiger partial charge in [-0.25, -0.2) is 0 Å². The number of epoxide rings is 1. The zero-order chi connectivity index (χ0) is 12.8. The number of carbonyl (C=O) groups is 1. The van der Waals surface area contributed by atoms with Gasteiger partial charge in [0.05, 0.1) is 0 Å². The van der Waals surface area contributed by atoms with E-state index in [0.717, 1.165) is 6.29 Å². The minimum absolute atomic E-state index is 0.136. The molecule has 6 heteroatoms. The standard InChI is InChI=1S/C3H5O.3C2H5O.C2H3O.Ti/c1-3-2-4-3;4*1-2-3;/h3H,1-2H2;3*2H2,1H3;2H,1H2;/q;3*-1;;+3. The molecule has 1 fully saturated rings. The van der Waals surface area contributed by atoms with Crippen molar-refractivity contribution >= 4 is 6.29 Å². The predicted octanol–water partition coefficient (Wildman–Crippen LogP) is 1.96. The second-order valence-electron chi connectivity index (χ2n) is 4.20. The Kier molecular flexibility index (Phi) is 5.76. The van der Waals surface area contributed by atoms with Crippen LogP contribution in [-0.2, 0) is 36.0 Å². The molecule has 17 heavy (non-hydrogen) atoms. The van der Waals surface area contributed by atoms with Gasteiger partial charge in [-0.2, -0.15) is 0 Å². The average molecular weight is 283 g/mol. The third-order valence-corrected chi connectivity index (χ3v) is 10.7. The Morgan fingerprint density at radius 3 is 1.94 bits per heavy atom. The number of hydrogen-bond donors (Lipinski definition) is 0. The van der Waals surface area contributed by atoms with Gasteiger partial charge in [0.25, 0.3) is 0 Å². The maximum atomic E-state index is 11.0. The van der Waals surface area contributed by atoms with Crippen LogP contribution in [0.3, 0.4) is 0 Å². The molecule has 1 heterocycles. The van der Waals surface area contributed by atoms with E-state index in [2.05, 4.69) is 0 Å². The first-order chi connectivity index (χ1) is 8.13. The SMILES string of the molecule is CC[O][Ti]([CH2]C=O)([CH2]C1CO1)([O]CC)[O]CC. The molecule has 1 unspecified atom stereocenters. The number of ether oxygens (including phenoxy) is 1. The Hall–Kier alpha value is 0.224. The van der Waals surface area contributed by atoms with E-state index in [9.17, 15) is 4.79 Å². The van der Waals surface area contributed by atoms with Crippen molar-refractivity contribution in [2.24, 2.45) is 0 Å². The van der Waals surface area contributed by atoms with Gasteiger partial charge in [-0.05, 0) is 0 Å². The molecule has 0 N–H and O–H groups in total. The molecule has 0 aliphatic carbocycles. The zero-order valence-electron chi connectivity index (χ0n) is 10.9. The normalized spacial score (nSPS) is 21.8. The van der Waals surface area contributed by atoms with Gasteiger partial charge in [0.2, 0.25) is 0 Å². The van der Waals surface area contributed by atoms with Crippen LogP contribution in [0.15, 0.2) is 0 Å². The molecule has 1 saturated heterocycles. The van der Waals surface area contributed by atoms with Gasteiger partial charge in [0.15, 0.2) is 0 Å². The van der Waals surface area contributed by atoms with Gasteiger partial charge in [0.1, 0.15) is 0 Å². The fourth-order valence-electron chi connectivity index (χ4n) is 2.31. The molecule has 0 aromatic carbocycles. The van der Waals surface area contributed by atoms with E-state index in [-0.39, 0.29) is 10.8 Å². The van der Waals surface area contributed by atoms with Crippen LogP contribution >= 0.6 is 0 Å². The van der Waals surface area contributed by atoms with E-state index in [1.54, 1.807) is 0 Å². The molecule has 0 amide bonds. The fraction of sp³-hybridized carbons (Fsp3) is 0.909. The zero-order valence-corrected chi connectivity index (χ0v) is 12.5. The summed E-state index contributed by atoms with van der Waals surface area (Å²) in [5.41, 5.74) is 0. The van der Waals surface area contributed by atoms with Crippen molar-refractivity contribution in [2.45, 2.75) is 36.3 Å². The Morgan fingerprint density at radius 2 is 1.65 bits per heavy atom. The third kappa shape index (κ3) is 3.84. The molecule has 0 aromatic rings. The Bertz CT molecular complexity index is 234. The van der Waals surface area contributed by atoms with Gasteiger partial charge < -0.3 is 0 Å². The second-order valence-corrected chi connectivity index (χ2v) is 11.1. The summed E-state index contributed by atoms with van der Waals surface area (Å²) in [5, 5.41) is 0. The van der Waals surface area contributed by atoms with E-state index in [1.165, 1.54) is 0 Å². The molecule has 1 atom stereocenters. The fourth-order valence-corrected chi connectivity index (χ4v) is 9.33. The molecular weight excluding hydrogens is 260 g/mol. The van der Waals surface area contributed by atoms with E-state index < -0.39 is 16.5 Å². The van der Waals surface area contributed by atoms with Crippen molar-refractivity contribution in [3.63, 3.8) is 0 Å². The Balaban J connectivity index is 2.96. The monoisotopic (exact) mass is 283 g/mol. The van der Waals surface area contributed by atoms with Crippen LogP contribution in [0.4, 0.5) is 0 Å². The van der Waals surface area contributed by atoms with Gasteiger partial charge in [-0.1, -0.05) is 0 Å². The molecule has 0 radical (unpaired) electrons. The number of rotatable bonds is 10. The molecule has 1 aliphatic rings. The van der Waals surface area contributed by atoms with Crippen LogP contribution in [0.2, 0.25) is 9.45 Å². The molecule has 1 aliphatic heterocycles. The van der Waals surface area contributed by atoms with Gasteiger partial charge in [-0.3, -0.25) is 0 Å². The molecule has 5 nitrogen and oxygen atoms in total. The van der Waals surface area contributed by atoms with Crippen LogP contribution in [0, 0.1) is 0 Å². The van der Waals surface area contributed by atoms with Crippen molar-refractivity contribution in [1.29, 1.82) is 0 Å². The number of carbonyl (C=O) groups excluding carboxylic acids is 1. The summed E-state index contributed by atoms with van der Waals surface area (Å²) in [6, 6.07) is 0. The van der Waals surface area contributed by atoms with Crippen LogP contribution < -0.4 is 0 Å². The van der Waals surface area contributed by atoms with Crippen molar-refractivity contribution in [1.82, 2.24) is 0 Å². The summed E-state index contributed by atoms with van der Waals surface area (Å²) < 4.78 is 23.9. The minimum atomic E-state index is -4.10. The first-order valence-corrected chi connectivity index (χ1v) is 10.4. The topological polar surface area (TPSA) is 57.3 Å². The van der Waals surface area contributed by atoms with Crippen molar-refractivity contribution < 1.29 is 36.0 Å². The maximum absolute atomic E-state index is 11.0. The van der Waals surface area contributed by atoms with Crippen molar-refractivity contribution in [3.05, 3.63) is 0 Å². The van der Waals surface area contributed by atoms with Crippen LogP contribution in [0.1, 0.15) is 20.8 Å². The molecule has 0 aromatic heterocycles. The third-order valence-electron chi connectivity index (χ3n) is 2.90. The number of aldehydes is 1. The van der Waals surface area contributed by atoms with Crippen LogP contribution in [0.5, 0.6) is 0 Å². The summed E-state index contributed by atoms with van der Waals surface area (Å²) in [4.78, 5) is 11.0. The van der Waals surface area contributed by atoms with Crippen LogP contribution in [-0.4, -0.2) is 38.8 Å². The van der Waals surface area contributed by atoms with Crippen molar-refractivity contribution in [3.8, 4) is 0 Å². The summed E-state index contributed by atoms with van der Waals surface area (Å²) in [6.45, 7) is 7.91. The predicted molar refractivity (Wildman–Crippen MR) is 60.3 cm³/mol. The Morgan fingerprint density at radius 1 is 1.18 bits per heavy atom. The van der Waals surface area contributed by atoms with Gasteiger partial charge in [0, 0.05) is 0 Å². The molecule has 101 valence electrons. The first kappa shape index (κ1) is 15.3. The molecule has 0 saturated carbocycles. The summed E-state index contributed by atoms with van der Waals surface area (Å²) in [5.74, 6) is 0. The number of hydrogen-bond acceptors (Lipinski definition) is 5.